The Kier molecular flexibility index (Phi) is 6.47. The number of rotatable bonds is 7. The molecule has 4 rings (SSSR count). The van der Waals surface area contributed by atoms with Crippen molar-refractivity contribution in [2.75, 3.05) is 34.2 Å². The largest absolute Gasteiger partial charge is 0.341 e. The van der Waals surface area contributed by atoms with Gasteiger partial charge in [0.1, 0.15) is 0 Å². The first-order valence-electron chi connectivity index (χ1n) is 10.7. The molecule has 0 unspecified atom stereocenters. The van der Waals surface area contributed by atoms with Gasteiger partial charge in [-0.05, 0) is 49.1 Å². The summed E-state index contributed by atoms with van der Waals surface area (Å²) in [6.07, 6.45) is 5.47. The zero-order valence-electron chi connectivity index (χ0n) is 18.8. The maximum absolute atomic E-state index is 12.6. The Balaban J connectivity index is 1.70. The molecule has 0 fully saturated rings. The van der Waals surface area contributed by atoms with Crippen molar-refractivity contribution in [2.24, 2.45) is 0 Å². The molecule has 4 aromatic rings. The number of aromatic nitrogens is 2. The van der Waals surface area contributed by atoms with Gasteiger partial charge < -0.3 is 9.80 Å². The topological polar surface area (TPSA) is 41.4 Å². The number of benzene rings is 3. The summed E-state index contributed by atoms with van der Waals surface area (Å²) in [7, 11) is 5.83. The van der Waals surface area contributed by atoms with Gasteiger partial charge >= 0.3 is 0 Å². The van der Waals surface area contributed by atoms with Crippen molar-refractivity contribution in [3.05, 3.63) is 90.6 Å². The molecular formula is C27H28N4O. The SMILES string of the molecule is CN(C)CCN(C)C(=O)/C=C\c1cn(-c2ccccc2)nc1-c1ccc2ccccc2c1. The molecule has 5 nitrogen and oxygen atoms in total. The van der Waals surface area contributed by atoms with Crippen LogP contribution >= 0.6 is 0 Å². The highest BCUT2D eigenvalue weighted by Crippen LogP contribution is 2.28. The zero-order chi connectivity index (χ0) is 22.5. The predicted molar refractivity (Wildman–Crippen MR) is 132 cm³/mol. The first-order valence-corrected chi connectivity index (χ1v) is 10.7. The maximum atomic E-state index is 12.6. The monoisotopic (exact) mass is 424 g/mol. The Labute approximate surface area is 189 Å². The van der Waals surface area contributed by atoms with E-state index in [2.05, 4.69) is 35.2 Å². The second-order valence-corrected chi connectivity index (χ2v) is 8.17. The number of fused-ring (bicyclic) bond motifs is 1. The number of hydrogen-bond acceptors (Lipinski definition) is 3. The van der Waals surface area contributed by atoms with Gasteiger partial charge in [0.25, 0.3) is 0 Å². The second kappa shape index (κ2) is 9.62. The van der Waals surface area contributed by atoms with E-state index in [1.807, 2.05) is 80.6 Å². The van der Waals surface area contributed by atoms with Gasteiger partial charge in [-0.3, -0.25) is 4.79 Å². The number of nitrogens with zero attached hydrogens (tertiary/aromatic N) is 4. The lowest BCUT2D eigenvalue weighted by Crippen LogP contribution is -2.32. The summed E-state index contributed by atoms with van der Waals surface area (Å²) in [6.45, 7) is 1.50. The molecule has 0 aliphatic carbocycles. The number of carbonyl (C=O) groups is 1. The van der Waals surface area contributed by atoms with E-state index in [0.717, 1.165) is 34.4 Å². The van der Waals surface area contributed by atoms with E-state index in [1.165, 1.54) is 5.39 Å². The molecular weight excluding hydrogens is 396 g/mol. The summed E-state index contributed by atoms with van der Waals surface area (Å²) in [5, 5.41) is 7.22. The molecule has 0 N–H and O–H groups in total. The van der Waals surface area contributed by atoms with Gasteiger partial charge in [0.05, 0.1) is 11.4 Å². The van der Waals surface area contributed by atoms with Gasteiger partial charge in [0.15, 0.2) is 0 Å². The van der Waals surface area contributed by atoms with Gasteiger partial charge in [-0.2, -0.15) is 5.10 Å². The Bertz CT molecular complexity index is 1240. The average molecular weight is 425 g/mol. The lowest BCUT2D eigenvalue weighted by atomic mass is 10.0. The van der Waals surface area contributed by atoms with Crippen LogP contribution in [0, 0.1) is 0 Å². The third kappa shape index (κ3) is 4.95. The highest BCUT2D eigenvalue weighted by molar-refractivity contribution is 5.93. The molecule has 0 aliphatic rings. The predicted octanol–water partition coefficient (Wildman–Crippen LogP) is 4.73. The second-order valence-electron chi connectivity index (χ2n) is 8.17. The molecule has 0 spiro atoms. The van der Waals surface area contributed by atoms with Gasteiger partial charge in [-0.25, -0.2) is 4.68 Å². The normalized spacial score (nSPS) is 11.5. The lowest BCUT2D eigenvalue weighted by molar-refractivity contribution is -0.124. The highest BCUT2D eigenvalue weighted by atomic mass is 16.2. The van der Waals surface area contributed by atoms with E-state index >= 15 is 0 Å². The minimum Gasteiger partial charge on any atom is -0.341 e. The third-order valence-electron chi connectivity index (χ3n) is 5.45. The molecule has 0 aliphatic heterocycles. The van der Waals surface area contributed by atoms with Crippen LogP contribution in [0.1, 0.15) is 5.56 Å². The summed E-state index contributed by atoms with van der Waals surface area (Å²) in [5.74, 6) is -0.0243. The number of para-hydroxylation sites is 1. The molecule has 1 amide bonds. The van der Waals surface area contributed by atoms with Gasteiger partial charge in [0, 0.05) is 43.5 Å². The van der Waals surface area contributed by atoms with Crippen LogP contribution in [-0.2, 0) is 4.79 Å². The van der Waals surface area contributed by atoms with E-state index in [-0.39, 0.29) is 5.91 Å². The third-order valence-corrected chi connectivity index (χ3v) is 5.45. The van der Waals surface area contributed by atoms with Crippen LogP contribution in [0.5, 0.6) is 0 Å². The summed E-state index contributed by atoms with van der Waals surface area (Å²) in [5.41, 5.74) is 3.74. The van der Waals surface area contributed by atoms with Gasteiger partial charge in [-0.1, -0.05) is 54.6 Å². The fraction of sp³-hybridized carbons (Fsp3) is 0.185. The van der Waals surface area contributed by atoms with E-state index in [0.29, 0.717) is 6.54 Å². The molecule has 0 atom stereocenters. The minimum atomic E-state index is -0.0243. The maximum Gasteiger partial charge on any atom is 0.246 e. The van der Waals surface area contributed by atoms with E-state index in [9.17, 15) is 4.79 Å². The van der Waals surface area contributed by atoms with Crippen molar-refractivity contribution in [3.63, 3.8) is 0 Å². The smallest absolute Gasteiger partial charge is 0.246 e. The summed E-state index contributed by atoms with van der Waals surface area (Å²) < 4.78 is 1.87. The molecule has 3 aromatic carbocycles. The van der Waals surface area contributed by atoms with Crippen LogP contribution in [0.2, 0.25) is 0 Å². The number of carbonyl (C=O) groups excluding carboxylic acids is 1. The van der Waals surface area contributed by atoms with Crippen molar-refractivity contribution in [2.45, 2.75) is 0 Å². The quantitative estimate of drug-likeness (QED) is 0.403. The summed E-state index contributed by atoms with van der Waals surface area (Å²) >= 11 is 0. The molecule has 0 radical (unpaired) electrons. The molecule has 1 heterocycles. The highest BCUT2D eigenvalue weighted by Gasteiger charge is 2.12. The average Bonchev–Trinajstić information content (AvgIpc) is 3.25. The van der Waals surface area contributed by atoms with Crippen LogP contribution in [0.25, 0.3) is 33.8 Å². The van der Waals surface area contributed by atoms with Crippen LogP contribution in [0.3, 0.4) is 0 Å². The van der Waals surface area contributed by atoms with Crippen LogP contribution in [0.4, 0.5) is 0 Å². The van der Waals surface area contributed by atoms with Crippen LogP contribution in [-0.4, -0.2) is 59.7 Å². The molecule has 0 saturated carbocycles. The number of hydrogen-bond donors (Lipinski definition) is 0. The van der Waals surface area contributed by atoms with Crippen molar-refractivity contribution < 1.29 is 4.79 Å². The Hall–Kier alpha value is -3.70. The Morgan fingerprint density at radius 3 is 2.38 bits per heavy atom. The van der Waals surface area contributed by atoms with Crippen LogP contribution < -0.4 is 0 Å². The molecule has 0 bridgehead atoms. The van der Waals surface area contributed by atoms with Gasteiger partial charge in [0.2, 0.25) is 5.91 Å². The van der Waals surface area contributed by atoms with E-state index in [4.69, 9.17) is 5.10 Å². The molecule has 0 saturated heterocycles. The fourth-order valence-electron chi connectivity index (χ4n) is 3.53. The molecule has 1 aromatic heterocycles. The van der Waals surface area contributed by atoms with Gasteiger partial charge in [-0.15, -0.1) is 0 Å². The first-order chi connectivity index (χ1) is 15.5. The lowest BCUT2D eigenvalue weighted by Gasteiger charge is -2.17. The Morgan fingerprint density at radius 2 is 1.62 bits per heavy atom. The zero-order valence-corrected chi connectivity index (χ0v) is 18.8. The number of amides is 1. The van der Waals surface area contributed by atoms with Crippen molar-refractivity contribution in [3.8, 4) is 16.9 Å². The van der Waals surface area contributed by atoms with Crippen LogP contribution in [0.15, 0.2) is 85.1 Å². The minimum absolute atomic E-state index is 0.0243. The first kappa shape index (κ1) is 21.5. The Morgan fingerprint density at radius 1 is 0.906 bits per heavy atom. The van der Waals surface area contributed by atoms with Crippen molar-refractivity contribution in [1.29, 1.82) is 0 Å². The molecule has 32 heavy (non-hydrogen) atoms. The summed E-state index contributed by atoms with van der Waals surface area (Å²) in [6, 6.07) is 24.6. The summed E-state index contributed by atoms with van der Waals surface area (Å²) in [4.78, 5) is 16.4. The molecule has 5 heteroatoms. The molecule has 162 valence electrons. The van der Waals surface area contributed by atoms with E-state index in [1.54, 1.807) is 11.0 Å². The van der Waals surface area contributed by atoms with Crippen molar-refractivity contribution in [1.82, 2.24) is 19.6 Å². The fourth-order valence-corrected chi connectivity index (χ4v) is 3.53. The van der Waals surface area contributed by atoms with Crippen molar-refractivity contribution >= 4 is 22.8 Å². The number of likely N-dealkylation sites (N-methyl/N-ethyl adjacent to an activating group) is 2. The standard InChI is InChI=1S/C27H28N4O/c1-29(2)17-18-30(3)26(32)16-15-24-20-31(25-11-5-4-6-12-25)28-27(24)23-14-13-21-9-7-8-10-22(21)19-23/h4-16,19-20H,17-18H2,1-3H3/b16-15-. The van der Waals surface area contributed by atoms with E-state index < -0.39 is 0 Å².